The van der Waals surface area contributed by atoms with E-state index < -0.39 is 11.6 Å². The monoisotopic (exact) mass is 352 g/mol. The summed E-state index contributed by atoms with van der Waals surface area (Å²) in [5, 5.41) is 8.63. The average Bonchev–Trinajstić information content (AvgIpc) is 2.76. The number of likely N-dealkylation sites (N-methyl/N-ethyl adjacent to an activating group) is 1. The second-order valence-corrected chi connectivity index (χ2v) is 8.54. The summed E-state index contributed by atoms with van der Waals surface area (Å²) in [6.07, 6.45) is 3.12. The van der Waals surface area contributed by atoms with Crippen molar-refractivity contribution in [3.05, 3.63) is 0 Å². The van der Waals surface area contributed by atoms with Gasteiger partial charge in [0.2, 0.25) is 5.91 Å². The van der Waals surface area contributed by atoms with Gasteiger partial charge in [0.25, 0.3) is 5.91 Å². The molecule has 2 rings (SSSR count). The number of amides is 4. The summed E-state index contributed by atoms with van der Waals surface area (Å²) in [6.45, 7) is 8.83. The van der Waals surface area contributed by atoms with E-state index >= 15 is 0 Å². The maximum absolute atomic E-state index is 12.8. The Balaban J connectivity index is 1.95. The molecule has 1 aliphatic heterocycles. The number of hydrogen-bond acceptors (Lipinski definition) is 4. The Labute approximate surface area is 150 Å². The van der Waals surface area contributed by atoms with Crippen LogP contribution >= 0.6 is 0 Å². The highest BCUT2D eigenvalue weighted by Crippen LogP contribution is 2.43. The summed E-state index contributed by atoms with van der Waals surface area (Å²) in [5.74, 6) is -0.0177. The topological polar surface area (TPSA) is 90.5 Å². The van der Waals surface area contributed by atoms with Crippen LogP contribution in [-0.4, -0.2) is 54.5 Å². The van der Waals surface area contributed by atoms with Crippen LogP contribution in [0, 0.1) is 11.3 Å². The molecule has 0 aromatic carbocycles. The summed E-state index contributed by atoms with van der Waals surface area (Å²) in [7, 11) is 1.81. The molecule has 2 aliphatic rings. The van der Waals surface area contributed by atoms with Gasteiger partial charge in [0.05, 0.1) is 0 Å². The van der Waals surface area contributed by atoms with Crippen LogP contribution < -0.4 is 16.0 Å². The van der Waals surface area contributed by atoms with Gasteiger partial charge in [0.15, 0.2) is 0 Å². The van der Waals surface area contributed by atoms with Crippen molar-refractivity contribution in [2.24, 2.45) is 11.3 Å². The second kappa shape index (κ2) is 7.32. The lowest BCUT2D eigenvalue weighted by atomic mass is 9.67. The minimum Gasteiger partial charge on any atom is -0.353 e. The molecule has 1 heterocycles. The lowest BCUT2D eigenvalue weighted by molar-refractivity contribution is -0.136. The van der Waals surface area contributed by atoms with Crippen LogP contribution in [0.3, 0.4) is 0 Å². The van der Waals surface area contributed by atoms with Crippen LogP contribution in [0.5, 0.6) is 0 Å². The number of urea groups is 1. The van der Waals surface area contributed by atoms with Crippen LogP contribution in [0.4, 0.5) is 4.79 Å². The van der Waals surface area contributed by atoms with Crippen LogP contribution in [-0.2, 0) is 9.59 Å². The molecule has 0 aromatic rings. The third kappa shape index (κ3) is 4.32. The minimum atomic E-state index is -0.808. The van der Waals surface area contributed by atoms with Gasteiger partial charge in [-0.15, -0.1) is 0 Å². The van der Waals surface area contributed by atoms with Crippen molar-refractivity contribution < 1.29 is 14.4 Å². The maximum Gasteiger partial charge on any atom is 0.325 e. The lowest BCUT2D eigenvalue weighted by Gasteiger charge is -2.40. The van der Waals surface area contributed by atoms with E-state index in [0.29, 0.717) is 25.3 Å². The number of rotatable bonds is 5. The Morgan fingerprint density at radius 3 is 2.44 bits per heavy atom. The number of carbonyl (C=O) groups is 3. The molecule has 1 saturated carbocycles. The van der Waals surface area contributed by atoms with Gasteiger partial charge in [-0.05, 0) is 51.0 Å². The first-order chi connectivity index (χ1) is 11.6. The van der Waals surface area contributed by atoms with Crippen molar-refractivity contribution in [3.63, 3.8) is 0 Å². The molecule has 0 radical (unpaired) electrons. The molecular formula is C18H32N4O3. The summed E-state index contributed by atoms with van der Waals surface area (Å²) < 4.78 is 0. The predicted molar refractivity (Wildman–Crippen MR) is 95.9 cm³/mol. The first kappa shape index (κ1) is 19.7. The number of imide groups is 1. The van der Waals surface area contributed by atoms with Gasteiger partial charge < -0.3 is 16.0 Å². The Kier molecular flexibility index (Phi) is 5.76. The molecule has 1 atom stereocenters. The molecular weight excluding hydrogens is 320 g/mol. The highest BCUT2D eigenvalue weighted by molar-refractivity contribution is 6.09. The van der Waals surface area contributed by atoms with Crippen LogP contribution in [0.1, 0.15) is 53.4 Å². The fourth-order valence-corrected chi connectivity index (χ4v) is 3.70. The van der Waals surface area contributed by atoms with Crippen molar-refractivity contribution in [1.82, 2.24) is 20.9 Å². The molecule has 7 heteroatoms. The molecule has 0 aromatic heterocycles. The van der Waals surface area contributed by atoms with E-state index in [1.54, 1.807) is 0 Å². The quantitative estimate of drug-likeness (QED) is 0.649. The zero-order valence-corrected chi connectivity index (χ0v) is 16.1. The molecule has 1 spiro atoms. The largest absolute Gasteiger partial charge is 0.353 e. The normalized spacial score (nSPS) is 28.2. The van der Waals surface area contributed by atoms with Gasteiger partial charge >= 0.3 is 6.03 Å². The molecule has 0 bridgehead atoms. The zero-order valence-electron chi connectivity index (χ0n) is 16.1. The van der Waals surface area contributed by atoms with Gasteiger partial charge in [0, 0.05) is 12.6 Å². The first-order valence-corrected chi connectivity index (χ1v) is 9.17. The first-order valence-electron chi connectivity index (χ1n) is 9.17. The summed E-state index contributed by atoms with van der Waals surface area (Å²) in [4.78, 5) is 38.2. The van der Waals surface area contributed by atoms with Crippen molar-refractivity contribution >= 4 is 17.8 Å². The van der Waals surface area contributed by atoms with Crippen molar-refractivity contribution in [2.45, 2.75) is 65.0 Å². The van der Waals surface area contributed by atoms with Gasteiger partial charge in [-0.25, -0.2) is 4.79 Å². The SMILES string of the molecule is CNC(C)CNC(=O)CN1C(=O)NC2(CCC(C(C)(C)C)CC2)C1=O. The molecule has 7 nitrogen and oxygen atoms in total. The van der Waals surface area contributed by atoms with Gasteiger partial charge in [-0.1, -0.05) is 20.8 Å². The fourth-order valence-electron chi connectivity index (χ4n) is 3.70. The highest BCUT2D eigenvalue weighted by Gasteiger charge is 2.53. The van der Waals surface area contributed by atoms with Crippen LogP contribution in [0.15, 0.2) is 0 Å². The lowest BCUT2D eigenvalue weighted by Crippen LogP contribution is -2.51. The second-order valence-electron chi connectivity index (χ2n) is 8.54. The summed E-state index contributed by atoms with van der Waals surface area (Å²) in [5.41, 5.74) is -0.603. The van der Waals surface area contributed by atoms with E-state index in [2.05, 4.69) is 36.7 Å². The Morgan fingerprint density at radius 1 is 1.32 bits per heavy atom. The van der Waals surface area contributed by atoms with Crippen molar-refractivity contribution in [1.29, 1.82) is 0 Å². The minimum absolute atomic E-state index is 0.131. The third-order valence-corrected chi connectivity index (χ3v) is 5.71. The van der Waals surface area contributed by atoms with Gasteiger partial charge in [-0.2, -0.15) is 0 Å². The van der Waals surface area contributed by atoms with Gasteiger partial charge in [-0.3, -0.25) is 14.5 Å². The van der Waals surface area contributed by atoms with Crippen molar-refractivity contribution in [3.8, 4) is 0 Å². The average molecular weight is 352 g/mol. The molecule has 142 valence electrons. The van der Waals surface area contributed by atoms with E-state index in [1.165, 1.54) is 0 Å². The number of hydrogen-bond donors (Lipinski definition) is 3. The molecule has 3 N–H and O–H groups in total. The highest BCUT2D eigenvalue weighted by atomic mass is 16.2. The number of nitrogens with one attached hydrogen (secondary N) is 3. The van der Waals surface area contributed by atoms with E-state index in [9.17, 15) is 14.4 Å². The van der Waals surface area contributed by atoms with Crippen molar-refractivity contribution in [2.75, 3.05) is 20.1 Å². The van der Waals surface area contributed by atoms with E-state index in [0.717, 1.165) is 17.7 Å². The maximum atomic E-state index is 12.8. The standard InChI is InChI=1S/C18H32N4O3/c1-12(19-5)10-20-14(23)11-22-15(24)18(21-16(22)25)8-6-13(7-9-18)17(2,3)4/h12-13,19H,6-11H2,1-5H3,(H,20,23)(H,21,25). The smallest absolute Gasteiger partial charge is 0.325 e. The Bertz CT molecular complexity index is 533. The van der Waals surface area contributed by atoms with E-state index in [-0.39, 0.29) is 29.8 Å². The predicted octanol–water partition coefficient (Wildman–Crippen LogP) is 1.24. The molecule has 1 unspecified atom stereocenters. The molecule has 2 fully saturated rings. The molecule has 4 amide bonds. The Morgan fingerprint density at radius 2 is 1.92 bits per heavy atom. The van der Waals surface area contributed by atoms with E-state index in [1.807, 2.05) is 14.0 Å². The molecule has 1 saturated heterocycles. The fraction of sp³-hybridized carbons (Fsp3) is 0.833. The zero-order chi connectivity index (χ0) is 18.8. The number of nitrogens with zero attached hydrogens (tertiary/aromatic N) is 1. The number of carbonyl (C=O) groups excluding carboxylic acids is 3. The van der Waals surface area contributed by atoms with E-state index in [4.69, 9.17) is 0 Å². The summed E-state index contributed by atoms with van der Waals surface area (Å²) >= 11 is 0. The molecule has 25 heavy (non-hydrogen) atoms. The molecule has 1 aliphatic carbocycles. The van der Waals surface area contributed by atoms with Gasteiger partial charge in [0.1, 0.15) is 12.1 Å². The third-order valence-electron chi connectivity index (χ3n) is 5.71. The Hall–Kier alpha value is -1.63. The summed E-state index contributed by atoms with van der Waals surface area (Å²) in [6, 6.07) is -0.318. The van der Waals surface area contributed by atoms with Crippen LogP contribution in [0.2, 0.25) is 0 Å². The van der Waals surface area contributed by atoms with Crippen LogP contribution in [0.25, 0.3) is 0 Å².